The molecule has 2 amide bonds. The molecular formula is C27H35F4N3O5. The number of rotatable bonds is 8. The second-order valence-corrected chi connectivity index (χ2v) is 9.39. The van der Waals surface area contributed by atoms with Gasteiger partial charge in [0.15, 0.2) is 0 Å². The first-order valence-electron chi connectivity index (χ1n) is 12.4. The van der Waals surface area contributed by atoms with Gasteiger partial charge in [-0.25, -0.2) is 14.0 Å². The lowest BCUT2D eigenvalue weighted by atomic mass is 10.0. The average molecular weight is 558 g/mol. The zero-order chi connectivity index (χ0) is 29.2. The Hall–Kier alpha value is -3.54. The lowest BCUT2D eigenvalue weighted by Gasteiger charge is -2.37. The van der Waals surface area contributed by atoms with Gasteiger partial charge in [-0.05, 0) is 70.6 Å². The van der Waals surface area contributed by atoms with Crippen molar-refractivity contribution in [1.29, 1.82) is 0 Å². The second-order valence-electron chi connectivity index (χ2n) is 9.39. The molecule has 0 aliphatic carbocycles. The average Bonchev–Trinajstić information content (AvgIpc) is 2.87. The van der Waals surface area contributed by atoms with Crippen LogP contribution < -0.4 is 14.8 Å². The Kier molecular flexibility index (Phi) is 11.8. The number of nitrogens with one attached hydrogen (secondary N) is 1. The standard InChI is InChI=1S/C25H34FN3O3.C2HF3O2/c1-18(2)32-22-8-5-19(6-9-22)16-27-25(30)29(21-11-13-28(3)14-12-21)17-20-7-10-23(31-4)15-24(20)26;3-2(4,5)1(6)7/h5-10,15,18,21H,11-14,16-17H2,1-4H3,(H,27,30);(H,6,7). The maximum absolute atomic E-state index is 14.6. The normalized spacial score (nSPS) is 14.3. The first-order chi connectivity index (χ1) is 18.3. The van der Waals surface area contributed by atoms with E-state index in [0.29, 0.717) is 17.9 Å². The van der Waals surface area contributed by atoms with Crippen LogP contribution in [0.3, 0.4) is 0 Å². The number of benzene rings is 2. The van der Waals surface area contributed by atoms with Gasteiger partial charge >= 0.3 is 18.2 Å². The number of alkyl halides is 3. The van der Waals surface area contributed by atoms with Gasteiger partial charge in [0.1, 0.15) is 17.3 Å². The summed E-state index contributed by atoms with van der Waals surface area (Å²) in [6, 6.07) is 12.4. The van der Waals surface area contributed by atoms with Crippen molar-refractivity contribution < 1.29 is 41.7 Å². The van der Waals surface area contributed by atoms with E-state index in [4.69, 9.17) is 19.4 Å². The SMILES string of the molecule is COc1ccc(CN(C(=O)NCc2ccc(OC(C)C)cc2)C2CCN(C)CC2)c(F)c1.O=C(O)C(F)(F)F. The highest BCUT2D eigenvalue weighted by Gasteiger charge is 2.38. The molecule has 8 nitrogen and oxygen atoms in total. The van der Waals surface area contributed by atoms with E-state index in [9.17, 15) is 22.4 Å². The number of aliphatic carboxylic acids is 1. The van der Waals surface area contributed by atoms with Crippen molar-refractivity contribution in [2.24, 2.45) is 0 Å². The highest BCUT2D eigenvalue weighted by molar-refractivity contribution is 5.74. The van der Waals surface area contributed by atoms with Crippen LogP contribution in [0.4, 0.5) is 22.4 Å². The molecule has 0 bridgehead atoms. The summed E-state index contributed by atoms with van der Waals surface area (Å²) in [6.45, 7) is 6.41. The van der Waals surface area contributed by atoms with Crippen molar-refractivity contribution in [3.63, 3.8) is 0 Å². The summed E-state index contributed by atoms with van der Waals surface area (Å²) >= 11 is 0. The molecule has 0 spiro atoms. The number of carboxylic acids is 1. The minimum absolute atomic E-state index is 0.0644. The number of likely N-dealkylation sites (tertiary alicyclic amines) is 1. The zero-order valence-electron chi connectivity index (χ0n) is 22.4. The van der Waals surface area contributed by atoms with Gasteiger partial charge in [-0.3, -0.25) is 0 Å². The maximum Gasteiger partial charge on any atom is 0.490 e. The number of carbonyl (C=O) groups excluding carboxylic acids is 1. The predicted molar refractivity (Wildman–Crippen MR) is 137 cm³/mol. The number of urea groups is 1. The molecule has 216 valence electrons. The van der Waals surface area contributed by atoms with E-state index in [1.54, 1.807) is 17.0 Å². The van der Waals surface area contributed by atoms with E-state index in [0.717, 1.165) is 37.2 Å². The molecule has 1 saturated heterocycles. The van der Waals surface area contributed by atoms with Crippen molar-refractivity contribution in [3.8, 4) is 11.5 Å². The largest absolute Gasteiger partial charge is 0.497 e. The number of methoxy groups -OCH3 is 1. The number of ether oxygens (including phenoxy) is 2. The lowest BCUT2D eigenvalue weighted by Crippen LogP contribution is -2.49. The number of halogens is 4. The van der Waals surface area contributed by atoms with Gasteiger partial charge in [-0.1, -0.05) is 18.2 Å². The van der Waals surface area contributed by atoms with Gasteiger partial charge in [0.25, 0.3) is 0 Å². The van der Waals surface area contributed by atoms with Crippen LogP contribution in [0.2, 0.25) is 0 Å². The minimum atomic E-state index is -5.08. The van der Waals surface area contributed by atoms with E-state index in [1.165, 1.54) is 13.2 Å². The van der Waals surface area contributed by atoms with Gasteiger partial charge in [0, 0.05) is 24.2 Å². The summed E-state index contributed by atoms with van der Waals surface area (Å²) in [7, 11) is 3.59. The van der Waals surface area contributed by atoms with E-state index >= 15 is 0 Å². The predicted octanol–water partition coefficient (Wildman–Crippen LogP) is 5.06. The minimum Gasteiger partial charge on any atom is -0.497 e. The Bertz CT molecular complexity index is 1070. The summed E-state index contributed by atoms with van der Waals surface area (Å²) in [5, 5.41) is 10.1. The topological polar surface area (TPSA) is 91.3 Å². The summed E-state index contributed by atoms with van der Waals surface area (Å²) in [4.78, 5) is 26.1. The first kappa shape index (κ1) is 31.7. The highest BCUT2D eigenvalue weighted by atomic mass is 19.4. The molecule has 0 atom stereocenters. The van der Waals surface area contributed by atoms with Gasteiger partial charge in [-0.2, -0.15) is 13.2 Å². The van der Waals surface area contributed by atoms with Crippen LogP contribution in [0.15, 0.2) is 42.5 Å². The number of carbonyl (C=O) groups is 2. The first-order valence-corrected chi connectivity index (χ1v) is 12.4. The zero-order valence-corrected chi connectivity index (χ0v) is 22.4. The van der Waals surface area contributed by atoms with Crippen molar-refractivity contribution in [1.82, 2.24) is 15.1 Å². The van der Waals surface area contributed by atoms with E-state index in [-0.39, 0.29) is 30.5 Å². The lowest BCUT2D eigenvalue weighted by molar-refractivity contribution is -0.192. The Morgan fingerprint density at radius 1 is 1.10 bits per heavy atom. The van der Waals surface area contributed by atoms with Gasteiger partial charge < -0.3 is 29.7 Å². The molecule has 3 rings (SSSR count). The van der Waals surface area contributed by atoms with Crippen LogP contribution >= 0.6 is 0 Å². The van der Waals surface area contributed by atoms with Crippen molar-refractivity contribution in [2.45, 2.75) is 58.1 Å². The van der Waals surface area contributed by atoms with Crippen molar-refractivity contribution >= 4 is 12.0 Å². The highest BCUT2D eigenvalue weighted by Crippen LogP contribution is 2.23. The molecule has 39 heavy (non-hydrogen) atoms. The molecule has 2 aromatic rings. The molecule has 2 aromatic carbocycles. The Morgan fingerprint density at radius 2 is 1.67 bits per heavy atom. The maximum atomic E-state index is 14.6. The van der Waals surface area contributed by atoms with Crippen molar-refractivity contribution in [3.05, 3.63) is 59.4 Å². The molecule has 1 aliphatic heterocycles. The Balaban J connectivity index is 0.000000673. The quantitative estimate of drug-likeness (QED) is 0.441. The van der Waals surface area contributed by atoms with Crippen LogP contribution in [0, 0.1) is 5.82 Å². The fraction of sp³-hybridized carbons (Fsp3) is 0.481. The molecule has 1 aliphatic rings. The summed E-state index contributed by atoms with van der Waals surface area (Å²) < 4.78 is 57.1. The monoisotopic (exact) mass is 557 g/mol. The molecule has 0 saturated carbocycles. The number of nitrogens with zero attached hydrogens (tertiary/aromatic N) is 2. The summed E-state index contributed by atoms with van der Waals surface area (Å²) in [5.74, 6) is -1.85. The molecule has 1 heterocycles. The smallest absolute Gasteiger partial charge is 0.490 e. The number of hydrogen-bond acceptors (Lipinski definition) is 5. The molecule has 0 unspecified atom stereocenters. The Labute approximate surface area is 225 Å². The third kappa shape index (κ3) is 10.6. The fourth-order valence-corrected chi connectivity index (χ4v) is 3.88. The summed E-state index contributed by atoms with van der Waals surface area (Å²) in [5.41, 5.74) is 1.46. The van der Waals surface area contributed by atoms with Crippen LogP contribution in [-0.4, -0.2) is 72.5 Å². The molecule has 1 fully saturated rings. The Morgan fingerprint density at radius 3 is 2.15 bits per heavy atom. The van der Waals surface area contributed by atoms with Gasteiger partial charge in [-0.15, -0.1) is 0 Å². The second kappa shape index (κ2) is 14.6. The van der Waals surface area contributed by atoms with E-state index in [1.807, 2.05) is 38.1 Å². The molecule has 12 heteroatoms. The van der Waals surface area contributed by atoms with Crippen LogP contribution in [-0.2, 0) is 17.9 Å². The molecule has 2 N–H and O–H groups in total. The fourth-order valence-electron chi connectivity index (χ4n) is 3.88. The molecular weight excluding hydrogens is 522 g/mol. The van der Waals surface area contributed by atoms with E-state index in [2.05, 4.69) is 17.3 Å². The summed E-state index contributed by atoms with van der Waals surface area (Å²) in [6.07, 6.45) is -3.24. The van der Waals surface area contributed by atoms with Crippen LogP contribution in [0.25, 0.3) is 0 Å². The van der Waals surface area contributed by atoms with Gasteiger partial charge in [0.05, 0.1) is 19.8 Å². The number of carboxylic acid groups (broad SMARTS) is 1. The van der Waals surface area contributed by atoms with Crippen molar-refractivity contribution in [2.75, 3.05) is 27.2 Å². The molecule has 0 radical (unpaired) electrons. The number of piperidine rings is 1. The van der Waals surface area contributed by atoms with E-state index < -0.39 is 12.1 Å². The molecule has 0 aromatic heterocycles. The third-order valence-corrected chi connectivity index (χ3v) is 5.97. The van der Waals surface area contributed by atoms with Crippen LogP contribution in [0.5, 0.6) is 11.5 Å². The number of amides is 2. The van der Waals surface area contributed by atoms with Crippen LogP contribution in [0.1, 0.15) is 37.8 Å². The number of hydrogen-bond donors (Lipinski definition) is 2. The van der Waals surface area contributed by atoms with Gasteiger partial charge in [0.2, 0.25) is 0 Å². The third-order valence-electron chi connectivity index (χ3n) is 5.97.